The number of rotatable bonds is 11. The Kier molecular flexibility index (Phi) is 8.43. The third-order valence-electron chi connectivity index (χ3n) is 6.26. The Morgan fingerprint density at radius 2 is 1.97 bits per heavy atom. The number of likely N-dealkylation sites (N-methyl/N-ethyl adjacent to an activating group) is 2. The molecule has 0 bridgehead atoms. The Labute approximate surface area is 228 Å². The van der Waals surface area contributed by atoms with Crippen LogP contribution in [0.25, 0.3) is 22.2 Å². The minimum atomic E-state index is -0.319. The highest BCUT2D eigenvalue weighted by Crippen LogP contribution is 2.38. The number of fused-ring (bicyclic) bond motifs is 1. The predicted octanol–water partition coefficient (Wildman–Crippen LogP) is 4.50. The molecule has 39 heavy (non-hydrogen) atoms. The number of aromatic nitrogens is 3. The zero-order chi connectivity index (χ0) is 27.9. The molecule has 0 atom stereocenters. The van der Waals surface area contributed by atoms with E-state index in [1.165, 1.54) is 6.08 Å². The zero-order valence-corrected chi connectivity index (χ0v) is 22.6. The number of ether oxygens (including phenoxy) is 1. The first-order valence-electron chi connectivity index (χ1n) is 12.4. The van der Waals surface area contributed by atoms with E-state index >= 15 is 0 Å². The smallest absolute Gasteiger partial charge is 0.247 e. The van der Waals surface area contributed by atoms with E-state index in [9.17, 15) is 10.1 Å². The van der Waals surface area contributed by atoms with E-state index in [2.05, 4.69) is 38.1 Å². The van der Waals surface area contributed by atoms with Gasteiger partial charge in [-0.25, -0.2) is 9.97 Å². The highest BCUT2D eigenvalue weighted by molar-refractivity contribution is 6.02. The second-order valence-electron chi connectivity index (χ2n) is 9.22. The minimum Gasteiger partial charge on any atom is -0.494 e. The van der Waals surface area contributed by atoms with E-state index < -0.39 is 0 Å². The fourth-order valence-corrected chi connectivity index (χ4v) is 4.25. The predicted molar refractivity (Wildman–Crippen MR) is 156 cm³/mol. The van der Waals surface area contributed by atoms with Crippen LogP contribution < -0.4 is 20.3 Å². The average molecular weight is 525 g/mol. The molecule has 2 heterocycles. The van der Waals surface area contributed by atoms with Crippen LogP contribution in [-0.4, -0.2) is 66.7 Å². The molecule has 0 spiro atoms. The molecule has 10 nitrogen and oxygen atoms in total. The fourth-order valence-electron chi connectivity index (χ4n) is 4.25. The quantitative estimate of drug-likeness (QED) is 0.276. The van der Waals surface area contributed by atoms with Crippen molar-refractivity contribution >= 4 is 39.8 Å². The van der Waals surface area contributed by atoms with Gasteiger partial charge in [0.15, 0.2) is 0 Å². The molecule has 2 aromatic heterocycles. The van der Waals surface area contributed by atoms with Crippen molar-refractivity contribution in [2.45, 2.75) is 6.54 Å². The van der Waals surface area contributed by atoms with Crippen LogP contribution in [0.4, 0.5) is 23.0 Å². The van der Waals surface area contributed by atoms with Crippen LogP contribution >= 0.6 is 0 Å². The molecule has 1 amide bonds. The van der Waals surface area contributed by atoms with Gasteiger partial charge in [0.05, 0.1) is 35.9 Å². The number of carbonyl (C=O) groups excluding carboxylic acids is 1. The van der Waals surface area contributed by atoms with Crippen molar-refractivity contribution in [1.29, 1.82) is 5.26 Å². The maximum atomic E-state index is 12.2. The Bertz CT molecular complexity index is 1540. The molecule has 4 rings (SSSR count). The van der Waals surface area contributed by atoms with Crippen LogP contribution in [0.15, 0.2) is 67.5 Å². The van der Waals surface area contributed by atoms with Crippen molar-refractivity contribution in [3.63, 3.8) is 0 Å². The normalized spacial score (nSPS) is 10.8. The summed E-state index contributed by atoms with van der Waals surface area (Å²) in [7, 11) is 7.58. The molecule has 0 saturated heterocycles. The molecular weight excluding hydrogens is 492 g/mol. The molecule has 10 heteroatoms. The maximum Gasteiger partial charge on any atom is 0.247 e. The van der Waals surface area contributed by atoms with Gasteiger partial charge < -0.3 is 29.7 Å². The van der Waals surface area contributed by atoms with Crippen molar-refractivity contribution in [1.82, 2.24) is 19.4 Å². The lowest BCUT2D eigenvalue weighted by Gasteiger charge is -2.26. The van der Waals surface area contributed by atoms with E-state index in [4.69, 9.17) is 9.72 Å². The zero-order valence-electron chi connectivity index (χ0n) is 22.6. The summed E-state index contributed by atoms with van der Waals surface area (Å²) in [5, 5.41) is 16.4. The van der Waals surface area contributed by atoms with Crippen LogP contribution in [-0.2, 0) is 11.3 Å². The number of nitriles is 1. The van der Waals surface area contributed by atoms with E-state index in [1.807, 2.05) is 68.3 Å². The summed E-state index contributed by atoms with van der Waals surface area (Å²) in [6, 6.07) is 15.6. The van der Waals surface area contributed by atoms with Crippen molar-refractivity contribution in [3.05, 3.63) is 67.5 Å². The summed E-state index contributed by atoms with van der Waals surface area (Å²) < 4.78 is 7.61. The first-order chi connectivity index (χ1) is 18.8. The third kappa shape index (κ3) is 6.17. The molecule has 2 aromatic carbocycles. The highest BCUT2D eigenvalue weighted by atomic mass is 16.5. The summed E-state index contributed by atoms with van der Waals surface area (Å²) in [4.78, 5) is 25.6. The number of methoxy groups -OCH3 is 1. The van der Waals surface area contributed by atoms with Crippen LogP contribution in [0.2, 0.25) is 0 Å². The lowest BCUT2D eigenvalue weighted by molar-refractivity contribution is -0.111. The molecule has 0 aliphatic heterocycles. The van der Waals surface area contributed by atoms with Crippen LogP contribution in [0.3, 0.4) is 0 Å². The molecule has 2 N–H and O–H groups in total. The molecule has 0 aliphatic carbocycles. The van der Waals surface area contributed by atoms with E-state index in [0.29, 0.717) is 28.8 Å². The molecule has 0 fully saturated rings. The SMILES string of the molecule is C=CC(=O)Nc1cc(Nc2nccc(-c3cn(CC#N)c4ccccc34)n2)c(OC)cc1N(C)CCN(C)C. The topological polar surface area (TPSA) is 111 Å². The number of nitrogens with zero attached hydrogens (tertiary/aromatic N) is 6. The number of nitrogens with one attached hydrogen (secondary N) is 2. The van der Waals surface area contributed by atoms with Crippen molar-refractivity contribution < 1.29 is 9.53 Å². The van der Waals surface area contributed by atoms with Gasteiger partial charge in [-0.15, -0.1) is 0 Å². The molecule has 0 radical (unpaired) electrons. The summed E-state index contributed by atoms with van der Waals surface area (Å²) in [6.07, 6.45) is 4.84. The molecule has 4 aromatic rings. The van der Waals surface area contributed by atoms with Gasteiger partial charge in [0, 0.05) is 55.1 Å². The van der Waals surface area contributed by atoms with Crippen LogP contribution in [0, 0.1) is 11.3 Å². The Morgan fingerprint density at radius 3 is 2.69 bits per heavy atom. The number of amides is 1. The summed E-state index contributed by atoms with van der Waals surface area (Å²) in [5.41, 5.74) is 4.55. The standard InChI is InChI=1S/C29H32N8O2/c1-6-28(38)32-23-17-24(27(39-5)18-26(23)36(4)16-15-35(2)3)34-29-31-13-11-22(33-29)21-19-37(14-12-30)25-10-8-7-9-20(21)25/h6-11,13,17-19H,1,14-16H2,2-5H3,(H,32,38)(H,31,33,34). The van der Waals surface area contributed by atoms with Gasteiger partial charge in [0.1, 0.15) is 12.3 Å². The number of para-hydroxylation sites is 1. The van der Waals surface area contributed by atoms with E-state index in [-0.39, 0.29) is 12.5 Å². The van der Waals surface area contributed by atoms with Crippen LogP contribution in [0.1, 0.15) is 0 Å². The van der Waals surface area contributed by atoms with Crippen molar-refractivity contribution in [2.75, 3.05) is 56.9 Å². The second kappa shape index (κ2) is 12.1. The van der Waals surface area contributed by atoms with E-state index in [0.717, 1.165) is 35.2 Å². The van der Waals surface area contributed by atoms with Gasteiger partial charge in [-0.05, 0) is 38.4 Å². The first-order valence-corrected chi connectivity index (χ1v) is 12.4. The van der Waals surface area contributed by atoms with E-state index in [1.54, 1.807) is 19.4 Å². The van der Waals surface area contributed by atoms with Gasteiger partial charge in [0.25, 0.3) is 0 Å². The molecule has 0 saturated carbocycles. The second-order valence-corrected chi connectivity index (χ2v) is 9.22. The molecular formula is C29H32N8O2. The largest absolute Gasteiger partial charge is 0.494 e. The number of hydrogen-bond acceptors (Lipinski definition) is 8. The summed E-state index contributed by atoms with van der Waals surface area (Å²) in [5.74, 6) is 0.607. The number of carbonyl (C=O) groups is 1. The van der Waals surface area contributed by atoms with Gasteiger partial charge >= 0.3 is 0 Å². The number of benzene rings is 2. The number of hydrogen-bond donors (Lipinski definition) is 2. The third-order valence-corrected chi connectivity index (χ3v) is 6.26. The number of anilines is 4. The summed E-state index contributed by atoms with van der Waals surface area (Å²) in [6.45, 7) is 5.39. The Balaban J connectivity index is 1.72. The lowest BCUT2D eigenvalue weighted by Crippen LogP contribution is -2.29. The first kappa shape index (κ1) is 27.2. The average Bonchev–Trinajstić information content (AvgIpc) is 3.30. The van der Waals surface area contributed by atoms with Crippen LogP contribution in [0.5, 0.6) is 5.75 Å². The Hall–Kier alpha value is -4.88. The fraction of sp³-hybridized carbons (Fsp3) is 0.241. The minimum absolute atomic E-state index is 0.239. The monoisotopic (exact) mass is 524 g/mol. The van der Waals surface area contributed by atoms with Gasteiger partial charge in [-0.1, -0.05) is 24.8 Å². The van der Waals surface area contributed by atoms with Gasteiger partial charge in [-0.2, -0.15) is 5.26 Å². The summed E-state index contributed by atoms with van der Waals surface area (Å²) >= 11 is 0. The molecule has 200 valence electrons. The van der Waals surface area contributed by atoms with Gasteiger partial charge in [-0.3, -0.25) is 4.79 Å². The maximum absolute atomic E-state index is 12.2. The Morgan fingerprint density at radius 1 is 1.18 bits per heavy atom. The lowest BCUT2D eigenvalue weighted by atomic mass is 10.1. The van der Waals surface area contributed by atoms with Crippen molar-refractivity contribution in [3.8, 4) is 23.1 Å². The van der Waals surface area contributed by atoms with Crippen molar-refractivity contribution in [2.24, 2.45) is 0 Å². The molecule has 0 aliphatic rings. The van der Waals surface area contributed by atoms with Gasteiger partial charge in [0.2, 0.25) is 11.9 Å². The highest BCUT2D eigenvalue weighted by Gasteiger charge is 2.17. The molecule has 0 unspecified atom stereocenters.